The summed E-state index contributed by atoms with van der Waals surface area (Å²) in [5.41, 5.74) is 3.58. The van der Waals surface area contributed by atoms with Crippen molar-refractivity contribution in [2.24, 2.45) is 0 Å². The number of ether oxygens (including phenoxy) is 1. The van der Waals surface area contributed by atoms with Crippen LogP contribution in [0.2, 0.25) is 0 Å². The van der Waals surface area contributed by atoms with Crippen molar-refractivity contribution < 1.29 is 19.1 Å². The van der Waals surface area contributed by atoms with E-state index in [1.807, 2.05) is 54.7 Å². The number of anilines is 2. The van der Waals surface area contributed by atoms with Gasteiger partial charge in [-0.3, -0.25) is 14.5 Å². The summed E-state index contributed by atoms with van der Waals surface area (Å²) >= 11 is 0. The molecule has 4 amide bonds. The molecule has 2 saturated heterocycles. The molecule has 0 aliphatic carbocycles. The van der Waals surface area contributed by atoms with Crippen LogP contribution >= 0.6 is 0 Å². The summed E-state index contributed by atoms with van der Waals surface area (Å²) in [6.07, 6.45) is 2.20. The van der Waals surface area contributed by atoms with E-state index in [0.717, 1.165) is 40.1 Å². The Morgan fingerprint density at radius 2 is 1.82 bits per heavy atom. The molecule has 2 aliphatic rings. The second-order valence-corrected chi connectivity index (χ2v) is 8.18. The van der Waals surface area contributed by atoms with Crippen molar-refractivity contribution in [2.45, 2.75) is 12.5 Å². The van der Waals surface area contributed by atoms with Crippen molar-refractivity contribution in [1.29, 1.82) is 0 Å². The number of morpholine rings is 1. The van der Waals surface area contributed by atoms with E-state index < -0.39 is 23.9 Å². The number of nitrogens with one attached hydrogen (secondary N) is 3. The second kappa shape index (κ2) is 8.95. The van der Waals surface area contributed by atoms with Crippen LogP contribution < -0.4 is 15.5 Å². The summed E-state index contributed by atoms with van der Waals surface area (Å²) in [6.45, 7) is 2.73. The first-order valence-corrected chi connectivity index (χ1v) is 11.0. The Morgan fingerprint density at radius 1 is 1.06 bits per heavy atom. The highest BCUT2D eigenvalue weighted by Crippen LogP contribution is 2.22. The molecule has 0 spiro atoms. The van der Waals surface area contributed by atoms with Gasteiger partial charge in [-0.05, 0) is 35.9 Å². The average molecular weight is 447 g/mol. The van der Waals surface area contributed by atoms with E-state index in [1.165, 1.54) is 0 Å². The molecule has 3 N–H and O–H groups in total. The zero-order chi connectivity index (χ0) is 22.8. The van der Waals surface area contributed by atoms with Crippen molar-refractivity contribution in [1.82, 2.24) is 15.2 Å². The van der Waals surface area contributed by atoms with Gasteiger partial charge in [0, 0.05) is 48.0 Å². The maximum Gasteiger partial charge on any atom is 0.325 e. The van der Waals surface area contributed by atoms with Crippen LogP contribution in [0.3, 0.4) is 0 Å². The monoisotopic (exact) mass is 447 g/mol. The molecule has 9 heteroatoms. The van der Waals surface area contributed by atoms with Gasteiger partial charge in [-0.15, -0.1) is 0 Å². The highest BCUT2D eigenvalue weighted by molar-refractivity contribution is 6.08. The van der Waals surface area contributed by atoms with E-state index >= 15 is 0 Å². The SMILES string of the molecule is O=C(CN1C(=O)N[C@H](Cc2c[nH]c3ccccc23)C1=O)Nc1ccc(N2CCOCC2)cc1. The Hall–Kier alpha value is -3.85. The molecule has 0 saturated carbocycles. The van der Waals surface area contributed by atoms with Gasteiger partial charge >= 0.3 is 6.03 Å². The van der Waals surface area contributed by atoms with Gasteiger partial charge in [0.05, 0.1) is 13.2 Å². The molecular formula is C24H25N5O4. The molecule has 9 nitrogen and oxygen atoms in total. The number of fused-ring (bicyclic) bond motifs is 1. The number of H-pyrrole nitrogens is 1. The molecule has 3 aromatic rings. The highest BCUT2D eigenvalue weighted by atomic mass is 16.5. The third-order valence-corrected chi connectivity index (χ3v) is 6.03. The van der Waals surface area contributed by atoms with Crippen LogP contribution in [-0.4, -0.2) is 66.6 Å². The molecule has 1 atom stereocenters. The maximum atomic E-state index is 12.8. The minimum Gasteiger partial charge on any atom is -0.378 e. The summed E-state index contributed by atoms with van der Waals surface area (Å²) in [7, 11) is 0. The molecule has 3 heterocycles. The first-order valence-electron chi connectivity index (χ1n) is 11.0. The zero-order valence-corrected chi connectivity index (χ0v) is 18.0. The van der Waals surface area contributed by atoms with E-state index in [4.69, 9.17) is 4.74 Å². The van der Waals surface area contributed by atoms with Crippen LogP contribution in [0, 0.1) is 0 Å². The Kier molecular flexibility index (Phi) is 5.70. The average Bonchev–Trinajstić information content (AvgIpc) is 3.36. The van der Waals surface area contributed by atoms with Crippen molar-refractivity contribution in [3.05, 3.63) is 60.3 Å². The Morgan fingerprint density at radius 3 is 2.61 bits per heavy atom. The van der Waals surface area contributed by atoms with Crippen molar-refractivity contribution >= 4 is 40.1 Å². The van der Waals surface area contributed by atoms with E-state index in [-0.39, 0.29) is 6.54 Å². The first-order chi connectivity index (χ1) is 16.1. The molecule has 5 rings (SSSR count). The lowest BCUT2D eigenvalue weighted by Crippen LogP contribution is -2.38. The lowest BCUT2D eigenvalue weighted by atomic mass is 10.1. The standard InChI is InChI=1S/C24H25N5O4/c30-22(26-17-5-7-18(8-6-17)28-9-11-33-12-10-28)15-29-23(31)21(27-24(29)32)13-16-14-25-20-4-2-1-3-19(16)20/h1-8,14,21,25H,9-13,15H2,(H,26,30)(H,27,32)/t21-/m1/s1. The summed E-state index contributed by atoms with van der Waals surface area (Å²) in [5.74, 6) is -0.825. The Labute approximate surface area is 190 Å². The van der Waals surface area contributed by atoms with Crippen molar-refractivity contribution in [3.8, 4) is 0 Å². The number of carbonyl (C=O) groups is 3. The van der Waals surface area contributed by atoms with Crippen LogP contribution in [0.1, 0.15) is 5.56 Å². The van der Waals surface area contributed by atoms with Gasteiger partial charge < -0.3 is 25.3 Å². The molecule has 0 unspecified atom stereocenters. The van der Waals surface area contributed by atoms with Crippen LogP contribution in [0.25, 0.3) is 10.9 Å². The Bertz CT molecular complexity index is 1180. The molecule has 0 radical (unpaired) electrons. The van der Waals surface area contributed by atoms with E-state index in [1.54, 1.807) is 0 Å². The molecular weight excluding hydrogens is 422 g/mol. The van der Waals surface area contributed by atoms with E-state index in [0.29, 0.717) is 25.3 Å². The fraction of sp³-hybridized carbons (Fsp3) is 0.292. The number of rotatable bonds is 6. The van der Waals surface area contributed by atoms with Crippen molar-refractivity contribution in [2.75, 3.05) is 43.1 Å². The van der Waals surface area contributed by atoms with Gasteiger partial charge in [0.2, 0.25) is 5.91 Å². The number of aromatic nitrogens is 1. The summed E-state index contributed by atoms with van der Waals surface area (Å²) < 4.78 is 5.37. The minimum atomic E-state index is -0.697. The molecule has 2 fully saturated rings. The number of hydrogen-bond acceptors (Lipinski definition) is 5. The number of urea groups is 1. The third-order valence-electron chi connectivity index (χ3n) is 6.03. The van der Waals surface area contributed by atoms with Gasteiger partial charge in [-0.25, -0.2) is 4.79 Å². The molecule has 2 aliphatic heterocycles. The molecule has 2 aromatic carbocycles. The number of para-hydroxylation sites is 1. The van der Waals surface area contributed by atoms with Gasteiger partial charge in [0.1, 0.15) is 12.6 Å². The number of nitrogens with zero attached hydrogens (tertiary/aromatic N) is 2. The summed E-state index contributed by atoms with van der Waals surface area (Å²) in [5, 5.41) is 6.47. The fourth-order valence-corrected chi connectivity index (χ4v) is 4.31. The quantitative estimate of drug-likeness (QED) is 0.502. The molecule has 0 bridgehead atoms. The fourth-order valence-electron chi connectivity index (χ4n) is 4.31. The Balaban J connectivity index is 1.19. The molecule has 33 heavy (non-hydrogen) atoms. The number of hydrogen-bond donors (Lipinski definition) is 3. The predicted molar refractivity (Wildman–Crippen MR) is 124 cm³/mol. The van der Waals surface area contributed by atoms with E-state index in [9.17, 15) is 14.4 Å². The minimum absolute atomic E-state index is 0.333. The highest BCUT2D eigenvalue weighted by Gasteiger charge is 2.39. The van der Waals surface area contributed by atoms with Crippen LogP contribution in [0.4, 0.5) is 16.2 Å². The molecule has 170 valence electrons. The van der Waals surface area contributed by atoms with Gasteiger partial charge in [-0.2, -0.15) is 0 Å². The number of carbonyl (C=O) groups excluding carboxylic acids is 3. The predicted octanol–water partition coefficient (Wildman–Crippen LogP) is 2.11. The maximum absolute atomic E-state index is 12.8. The number of benzene rings is 2. The lowest BCUT2D eigenvalue weighted by molar-refractivity contribution is -0.130. The van der Waals surface area contributed by atoms with Gasteiger partial charge in [0.25, 0.3) is 5.91 Å². The smallest absolute Gasteiger partial charge is 0.325 e. The van der Waals surface area contributed by atoms with Crippen LogP contribution in [0.5, 0.6) is 0 Å². The van der Waals surface area contributed by atoms with Crippen LogP contribution in [0.15, 0.2) is 54.7 Å². The zero-order valence-electron chi connectivity index (χ0n) is 18.0. The summed E-state index contributed by atoms with van der Waals surface area (Å²) in [6, 6.07) is 14.0. The third kappa shape index (κ3) is 4.40. The van der Waals surface area contributed by atoms with Crippen LogP contribution in [-0.2, 0) is 20.7 Å². The van der Waals surface area contributed by atoms with Gasteiger partial charge in [-0.1, -0.05) is 18.2 Å². The van der Waals surface area contributed by atoms with Gasteiger partial charge in [0.15, 0.2) is 0 Å². The second-order valence-electron chi connectivity index (χ2n) is 8.18. The number of imide groups is 1. The number of amides is 4. The van der Waals surface area contributed by atoms with Crippen molar-refractivity contribution in [3.63, 3.8) is 0 Å². The largest absolute Gasteiger partial charge is 0.378 e. The van der Waals surface area contributed by atoms with E-state index in [2.05, 4.69) is 20.5 Å². The number of aromatic amines is 1. The lowest BCUT2D eigenvalue weighted by Gasteiger charge is -2.28. The first kappa shape index (κ1) is 21.0. The topological polar surface area (TPSA) is 107 Å². The molecule has 1 aromatic heterocycles. The summed E-state index contributed by atoms with van der Waals surface area (Å²) in [4.78, 5) is 44.1. The normalized spacial score (nSPS) is 18.6.